The fourth-order valence-electron chi connectivity index (χ4n) is 1.72. The number of halogens is 1. The Hall–Kier alpha value is -0.830. The Kier molecular flexibility index (Phi) is 2.83. The molecule has 0 spiro atoms. The van der Waals surface area contributed by atoms with E-state index in [1.54, 1.807) is 7.11 Å². The van der Waals surface area contributed by atoms with Crippen LogP contribution in [0.5, 0.6) is 5.75 Å². The van der Waals surface area contributed by atoms with E-state index in [2.05, 4.69) is 22.9 Å². The summed E-state index contributed by atoms with van der Waals surface area (Å²) in [5.41, 5.74) is 0.775. The van der Waals surface area contributed by atoms with E-state index in [-0.39, 0.29) is 11.7 Å². The number of carbonyl (C=O) groups is 1. The molecule has 1 saturated carbocycles. The highest BCUT2D eigenvalue weighted by molar-refractivity contribution is 9.10. The van der Waals surface area contributed by atoms with Crippen molar-refractivity contribution in [3.8, 4) is 5.75 Å². The molecule has 0 aromatic heterocycles. The number of ketones is 1. The number of methoxy groups -OCH3 is 1. The van der Waals surface area contributed by atoms with Crippen molar-refractivity contribution < 1.29 is 9.53 Å². The molecule has 1 fully saturated rings. The van der Waals surface area contributed by atoms with Gasteiger partial charge in [0.25, 0.3) is 0 Å². The van der Waals surface area contributed by atoms with Crippen LogP contribution in [0.1, 0.15) is 23.7 Å². The molecule has 1 aliphatic rings. The highest BCUT2D eigenvalue weighted by Gasteiger charge is 2.39. The molecule has 2 unspecified atom stereocenters. The molecule has 15 heavy (non-hydrogen) atoms. The molecule has 1 aliphatic carbocycles. The first-order valence-electron chi connectivity index (χ1n) is 5.01. The second-order valence-corrected chi connectivity index (χ2v) is 4.89. The normalized spacial score (nSPS) is 23.7. The Morgan fingerprint density at radius 2 is 2.20 bits per heavy atom. The van der Waals surface area contributed by atoms with E-state index in [1.165, 1.54) is 0 Å². The minimum absolute atomic E-state index is 0.241. The van der Waals surface area contributed by atoms with E-state index in [4.69, 9.17) is 4.74 Å². The molecular formula is C12H13BrO2. The van der Waals surface area contributed by atoms with Crippen molar-refractivity contribution in [2.45, 2.75) is 13.3 Å². The lowest BCUT2D eigenvalue weighted by atomic mass is 10.1. The summed E-state index contributed by atoms with van der Waals surface area (Å²) in [6.45, 7) is 2.11. The third-order valence-corrected chi connectivity index (χ3v) is 3.50. The number of benzene rings is 1. The summed E-state index contributed by atoms with van der Waals surface area (Å²) in [5.74, 6) is 1.81. The van der Waals surface area contributed by atoms with Gasteiger partial charge in [-0.15, -0.1) is 0 Å². The van der Waals surface area contributed by atoms with E-state index < -0.39 is 0 Å². The van der Waals surface area contributed by atoms with Crippen LogP contribution in [0, 0.1) is 11.8 Å². The standard InChI is InChI=1S/C12H13BrO2/c1-7-5-9(7)12(14)8-3-4-11(15-2)10(13)6-8/h3-4,6-7,9H,5H2,1-2H3. The van der Waals surface area contributed by atoms with Gasteiger partial charge in [-0.25, -0.2) is 0 Å². The molecule has 0 radical (unpaired) electrons. The van der Waals surface area contributed by atoms with Gasteiger partial charge in [0.1, 0.15) is 5.75 Å². The zero-order valence-corrected chi connectivity index (χ0v) is 10.4. The summed E-state index contributed by atoms with van der Waals surface area (Å²) in [4.78, 5) is 11.9. The van der Waals surface area contributed by atoms with Crippen LogP contribution < -0.4 is 4.74 Å². The van der Waals surface area contributed by atoms with Crippen molar-refractivity contribution in [2.24, 2.45) is 11.8 Å². The second kappa shape index (κ2) is 3.97. The van der Waals surface area contributed by atoms with Crippen LogP contribution >= 0.6 is 15.9 Å². The molecular weight excluding hydrogens is 256 g/mol. The molecule has 1 aromatic carbocycles. The number of Topliss-reactive ketones (excluding diaryl/α,β-unsaturated/α-hetero) is 1. The topological polar surface area (TPSA) is 26.3 Å². The molecule has 0 aliphatic heterocycles. The second-order valence-electron chi connectivity index (χ2n) is 4.03. The van der Waals surface area contributed by atoms with Gasteiger partial charge < -0.3 is 4.74 Å². The predicted octanol–water partition coefficient (Wildman–Crippen LogP) is 3.30. The Morgan fingerprint density at radius 1 is 1.53 bits per heavy atom. The van der Waals surface area contributed by atoms with Gasteiger partial charge in [0, 0.05) is 11.5 Å². The van der Waals surface area contributed by atoms with Gasteiger partial charge in [-0.2, -0.15) is 0 Å². The van der Waals surface area contributed by atoms with Crippen molar-refractivity contribution in [1.82, 2.24) is 0 Å². The Morgan fingerprint density at radius 3 is 2.67 bits per heavy atom. The number of hydrogen-bond acceptors (Lipinski definition) is 2. The van der Waals surface area contributed by atoms with E-state index in [0.717, 1.165) is 22.2 Å². The molecule has 2 nitrogen and oxygen atoms in total. The minimum atomic E-state index is 0.241. The molecule has 0 heterocycles. The first-order valence-corrected chi connectivity index (χ1v) is 5.80. The van der Waals surface area contributed by atoms with Crippen LogP contribution in [0.2, 0.25) is 0 Å². The molecule has 1 aromatic rings. The van der Waals surface area contributed by atoms with Gasteiger partial charge in [-0.3, -0.25) is 4.79 Å². The molecule has 2 atom stereocenters. The molecule has 80 valence electrons. The Balaban J connectivity index is 2.22. The average Bonchev–Trinajstić information content (AvgIpc) is 2.94. The molecule has 0 bridgehead atoms. The smallest absolute Gasteiger partial charge is 0.166 e. The summed E-state index contributed by atoms with van der Waals surface area (Å²) in [6.07, 6.45) is 1.03. The lowest BCUT2D eigenvalue weighted by Crippen LogP contribution is -2.02. The van der Waals surface area contributed by atoms with Crippen LogP contribution in [0.3, 0.4) is 0 Å². The number of carbonyl (C=O) groups excluding carboxylic acids is 1. The summed E-state index contributed by atoms with van der Waals surface area (Å²) < 4.78 is 5.96. The lowest BCUT2D eigenvalue weighted by molar-refractivity contribution is 0.0962. The van der Waals surface area contributed by atoms with Gasteiger partial charge in [0.2, 0.25) is 0 Å². The van der Waals surface area contributed by atoms with Crippen molar-refractivity contribution in [3.05, 3.63) is 28.2 Å². The predicted molar refractivity (Wildman–Crippen MR) is 62.3 cm³/mol. The van der Waals surface area contributed by atoms with Crippen LogP contribution in [-0.2, 0) is 0 Å². The van der Waals surface area contributed by atoms with Crippen molar-refractivity contribution in [1.29, 1.82) is 0 Å². The Bertz CT molecular complexity index is 401. The maximum Gasteiger partial charge on any atom is 0.166 e. The zero-order chi connectivity index (χ0) is 11.0. The van der Waals surface area contributed by atoms with Crippen LogP contribution in [-0.4, -0.2) is 12.9 Å². The first kappa shape index (κ1) is 10.7. The number of hydrogen-bond donors (Lipinski definition) is 0. The van der Waals surface area contributed by atoms with Crippen LogP contribution in [0.4, 0.5) is 0 Å². The van der Waals surface area contributed by atoms with Crippen molar-refractivity contribution >= 4 is 21.7 Å². The summed E-state index contributed by atoms with van der Waals surface area (Å²) in [6, 6.07) is 5.49. The van der Waals surface area contributed by atoms with E-state index in [1.807, 2.05) is 18.2 Å². The summed E-state index contributed by atoms with van der Waals surface area (Å²) in [5, 5.41) is 0. The molecule has 0 saturated heterocycles. The largest absolute Gasteiger partial charge is 0.496 e. The summed E-state index contributed by atoms with van der Waals surface area (Å²) >= 11 is 3.38. The van der Waals surface area contributed by atoms with Gasteiger partial charge in [0.15, 0.2) is 5.78 Å². The van der Waals surface area contributed by atoms with Gasteiger partial charge in [0.05, 0.1) is 11.6 Å². The number of rotatable bonds is 3. The van der Waals surface area contributed by atoms with Gasteiger partial charge >= 0.3 is 0 Å². The maximum atomic E-state index is 11.9. The molecule has 2 rings (SSSR count). The highest BCUT2D eigenvalue weighted by atomic mass is 79.9. The first-order chi connectivity index (χ1) is 7.13. The van der Waals surface area contributed by atoms with Gasteiger partial charge in [-0.1, -0.05) is 6.92 Å². The zero-order valence-electron chi connectivity index (χ0n) is 8.79. The molecule has 0 amide bonds. The number of ether oxygens (including phenoxy) is 1. The molecule has 3 heteroatoms. The van der Waals surface area contributed by atoms with E-state index >= 15 is 0 Å². The van der Waals surface area contributed by atoms with Gasteiger partial charge in [-0.05, 0) is 46.5 Å². The van der Waals surface area contributed by atoms with Crippen molar-refractivity contribution in [2.75, 3.05) is 7.11 Å². The summed E-state index contributed by atoms with van der Waals surface area (Å²) in [7, 11) is 1.62. The monoisotopic (exact) mass is 268 g/mol. The SMILES string of the molecule is COc1ccc(C(=O)C2CC2C)cc1Br. The third-order valence-electron chi connectivity index (χ3n) is 2.88. The quantitative estimate of drug-likeness (QED) is 0.787. The average molecular weight is 269 g/mol. The van der Waals surface area contributed by atoms with Crippen molar-refractivity contribution in [3.63, 3.8) is 0 Å². The fourth-order valence-corrected chi connectivity index (χ4v) is 2.26. The third kappa shape index (κ3) is 2.07. The van der Waals surface area contributed by atoms with Crippen LogP contribution in [0.15, 0.2) is 22.7 Å². The minimum Gasteiger partial charge on any atom is -0.496 e. The van der Waals surface area contributed by atoms with E-state index in [9.17, 15) is 4.79 Å². The molecule has 0 N–H and O–H groups in total. The fraction of sp³-hybridized carbons (Fsp3) is 0.417. The Labute approximate surface area is 97.8 Å². The van der Waals surface area contributed by atoms with E-state index in [0.29, 0.717) is 5.92 Å². The highest BCUT2D eigenvalue weighted by Crippen LogP contribution is 2.40. The maximum absolute atomic E-state index is 11.9. The lowest BCUT2D eigenvalue weighted by Gasteiger charge is -2.05. The van der Waals surface area contributed by atoms with Crippen LogP contribution in [0.25, 0.3) is 0 Å².